The summed E-state index contributed by atoms with van der Waals surface area (Å²) in [5.41, 5.74) is 1.06. The average Bonchev–Trinajstić information content (AvgIpc) is 2.74. The molecule has 1 N–H and O–H groups in total. The molecule has 0 bridgehead atoms. The normalized spacial score (nSPS) is 12.9. The van der Waals surface area contributed by atoms with Gasteiger partial charge in [0, 0.05) is 5.69 Å². The Balaban J connectivity index is 2.01. The van der Waals surface area contributed by atoms with Gasteiger partial charge in [0.25, 0.3) is 11.8 Å². The number of carbonyl (C=O) groups is 2. The maximum absolute atomic E-state index is 11.8. The van der Waals surface area contributed by atoms with E-state index >= 15 is 0 Å². The van der Waals surface area contributed by atoms with Crippen LogP contribution in [0.5, 0.6) is 17.4 Å². The van der Waals surface area contributed by atoms with Gasteiger partial charge in [0.05, 0.1) is 12.7 Å². The van der Waals surface area contributed by atoms with E-state index in [1.165, 1.54) is 0 Å². The van der Waals surface area contributed by atoms with Crippen molar-refractivity contribution in [3.63, 3.8) is 0 Å². The minimum Gasteiger partial charge on any atom is -0.497 e. The summed E-state index contributed by atoms with van der Waals surface area (Å²) in [5.74, 6) is 0.394. The quantitative estimate of drug-likeness (QED) is 0.873. The smallest absolute Gasteiger partial charge is 0.264 e. The molecule has 2 amide bonds. The Bertz CT molecular complexity index is 738. The van der Waals surface area contributed by atoms with E-state index in [-0.39, 0.29) is 17.0 Å². The molecule has 2 aromatic rings. The number of pyridine rings is 1. The zero-order chi connectivity index (χ0) is 15.0. The van der Waals surface area contributed by atoms with E-state index in [0.29, 0.717) is 17.2 Å². The number of benzene rings is 1. The molecule has 0 fully saturated rings. The molecule has 1 aliphatic rings. The van der Waals surface area contributed by atoms with Gasteiger partial charge in [0.2, 0.25) is 5.88 Å². The van der Waals surface area contributed by atoms with Gasteiger partial charge in [0.15, 0.2) is 0 Å². The maximum Gasteiger partial charge on any atom is 0.264 e. The number of imide groups is 1. The standard InChI is InChI=1S/C15H12N2O4/c1-8-7-11-12(14(19)17-13(11)18)15(16-8)21-10-5-3-9(20-2)4-6-10/h3-7H,1-2H3,(H,17,18,19). The van der Waals surface area contributed by atoms with Crippen LogP contribution in [0.25, 0.3) is 0 Å². The summed E-state index contributed by atoms with van der Waals surface area (Å²) in [7, 11) is 1.57. The van der Waals surface area contributed by atoms with Crippen molar-refractivity contribution in [1.82, 2.24) is 10.3 Å². The van der Waals surface area contributed by atoms with Gasteiger partial charge in [-0.3, -0.25) is 14.9 Å². The lowest BCUT2D eigenvalue weighted by Gasteiger charge is -2.09. The number of fused-ring (bicyclic) bond motifs is 1. The van der Waals surface area contributed by atoms with E-state index in [4.69, 9.17) is 9.47 Å². The maximum atomic E-state index is 11.8. The molecule has 6 heteroatoms. The van der Waals surface area contributed by atoms with E-state index in [0.717, 1.165) is 0 Å². The molecule has 1 aromatic carbocycles. The van der Waals surface area contributed by atoms with Crippen molar-refractivity contribution in [1.29, 1.82) is 0 Å². The summed E-state index contributed by atoms with van der Waals surface area (Å²) in [5, 5.41) is 2.24. The first-order valence-electron chi connectivity index (χ1n) is 6.27. The minimum absolute atomic E-state index is 0.124. The second-order valence-electron chi connectivity index (χ2n) is 4.55. The van der Waals surface area contributed by atoms with Crippen molar-refractivity contribution >= 4 is 11.8 Å². The van der Waals surface area contributed by atoms with E-state index in [2.05, 4.69) is 10.3 Å². The summed E-state index contributed by atoms with van der Waals surface area (Å²) in [6.07, 6.45) is 0. The molecule has 106 valence electrons. The fraction of sp³-hybridized carbons (Fsp3) is 0.133. The van der Waals surface area contributed by atoms with Gasteiger partial charge in [-0.05, 0) is 37.3 Å². The zero-order valence-electron chi connectivity index (χ0n) is 11.5. The average molecular weight is 284 g/mol. The van der Waals surface area contributed by atoms with Crippen molar-refractivity contribution < 1.29 is 19.1 Å². The highest BCUT2D eigenvalue weighted by molar-refractivity contribution is 6.22. The van der Waals surface area contributed by atoms with Crippen LogP contribution >= 0.6 is 0 Å². The highest BCUT2D eigenvalue weighted by atomic mass is 16.5. The molecule has 2 heterocycles. The Morgan fingerprint density at radius 1 is 1.05 bits per heavy atom. The summed E-state index contributed by atoms with van der Waals surface area (Å²) in [6.45, 7) is 1.73. The second kappa shape index (κ2) is 4.90. The molecule has 1 aliphatic heterocycles. The van der Waals surface area contributed by atoms with Gasteiger partial charge in [-0.1, -0.05) is 0 Å². The number of aryl methyl sites for hydroxylation is 1. The summed E-state index contributed by atoms with van der Waals surface area (Å²) < 4.78 is 10.7. The third kappa shape index (κ3) is 2.31. The van der Waals surface area contributed by atoms with E-state index in [1.54, 1.807) is 44.4 Å². The van der Waals surface area contributed by atoms with Crippen molar-refractivity contribution in [2.45, 2.75) is 6.92 Å². The summed E-state index contributed by atoms with van der Waals surface area (Å²) >= 11 is 0. The number of nitrogens with zero attached hydrogens (tertiary/aromatic N) is 1. The second-order valence-corrected chi connectivity index (χ2v) is 4.55. The highest BCUT2D eigenvalue weighted by Crippen LogP contribution is 2.30. The topological polar surface area (TPSA) is 77.5 Å². The predicted octanol–water partition coefficient (Wildman–Crippen LogP) is 2.07. The SMILES string of the molecule is COc1ccc(Oc2nc(C)cc3c2C(=O)NC3=O)cc1. The number of carbonyl (C=O) groups excluding carboxylic acids is 2. The van der Waals surface area contributed by atoms with Crippen LogP contribution in [0.3, 0.4) is 0 Å². The van der Waals surface area contributed by atoms with Gasteiger partial charge in [-0.25, -0.2) is 4.98 Å². The van der Waals surface area contributed by atoms with Crippen LogP contribution in [0, 0.1) is 6.92 Å². The minimum atomic E-state index is -0.494. The summed E-state index contributed by atoms with van der Waals surface area (Å²) in [4.78, 5) is 27.7. The van der Waals surface area contributed by atoms with Crippen LogP contribution in [0.2, 0.25) is 0 Å². The molecule has 1 aromatic heterocycles. The molecular weight excluding hydrogens is 272 g/mol. The van der Waals surface area contributed by atoms with Crippen LogP contribution in [-0.2, 0) is 0 Å². The first kappa shape index (κ1) is 13.1. The lowest BCUT2D eigenvalue weighted by atomic mass is 10.1. The number of amides is 2. The van der Waals surface area contributed by atoms with Crippen LogP contribution in [0.1, 0.15) is 26.4 Å². The van der Waals surface area contributed by atoms with Crippen molar-refractivity contribution in [3.05, 3.63) is 47.2 Å². The van der Waals surface area contributed by atoms with Crippen LogP contribution in [0.15, 0.2) is 30.3 Å². The van der Waals surface area contributed by atoms with Crippen molar-refractivity contribution in [2.75, 3.05) is 7.11 Å². The molecule has 6 nitrogen and oxygen atoms in total. The molecule has 0 unspecified atom stereocenters. The number of hydrogen-bond donors (Lipinski definition) is 1. The summed E-state index contributed by atoms with van der Waals surface area (Å²) in [6, 6.07) is 8.43. The van der Waals surface area contributed by atoms with Gasteiger partial charge in [0.1, 0.15) is 17.1 Å². The molecule has 0 radical (unpaired) electrons. The predicted molar refractivity (Wildman–Crippen MR) is 73.8 cm³/mol. The van der Waals surface area contributed by atoms with Crippen LogP contribution in [0.4, 0.5) is 0 Å². The molecule has 3 rings (SSSR count). The Morgan fingerprint density at radius 2 is 1.71 bits per heavy atom. The molecule has 0 saturated carbocycles. The highest BCUT2D eigenvalue weighted by Gasteiger charge is 2.32. The molecule has 21 heavy (non-hydrogen) atoms. The van der Waals surface area contributed by atoms with Gasteiger partial charge in [-0.15, -0.1) is 0 Å². The number of methoxy groups -OCH3 is 1. The fourth-order valence-corrected chi connectivity index (χ4v) is 2.11. The number of nitrogens with one attached hydrogen (secondary N) is 1. The third-order valence-electron chi connectivity index (χ3n) is 3.09. The number of rotatable bonds is 3. The number of ether oxygens (including phenoxy) is 2. The number of aromatic nitrogens is 1. The number of hydrogen-bond acceptors (Lipinski definition) is 5. The van der Waals surface area contributed by atoms with E-state index in [9.17, 15) is 9.59 Å². The zero-order valence-corrected chi connectivity index (χ0v) is 11.5. The Labute approximate surface area is 120 Å². The Kier molecular flexibility index (Phi) is 3.06. The van der Waals surface area contributed by atoms with Crippen molar-refractivity contribution in [3.8, 4) is 17.4 Å². The molecule has 0 spiro atoms. The molecule has 0 aliphatic carbocycles. The first-order valence-corrected chi connectivity index (χ1v) is 6.27. The first-order chi connectivity index (χ1) is 10.1. The lowest BCUT2D eigenvalue weighted by molar-refractivity contribution is 0.0879. The van der Waals surface area contributed by atoms with Crippen LogP contribution < -0.4 is 14.8 Å². The van der Waals surface area contributed by atoms with E-state index < -0.39 is 11.8 Å². The molecular formula is C15H12N2O4. The Morgan fingerprint density at radius 3 is 2.38 bits per heavy atom. The molecule has 0 saturated heterocycles. The Hall–Kier alpha value is -2.89. The van der Waals surface area contributed by atoms with E-state index in [1.807, 2.05) is 0 Å². The molecule has 0 atom stereocenters. The fourth-order valence-electron chi connectivity index (χ4n) is 2.11. The van der Waals surface area contributed by atoms with Gasteiger partial charge >= 0.3 is 0 Å². The van der Waals surface area contributed by atoms with Crippen molar-refractivity contribution in [2.24, 2.45) is 0 Å². The van der Waals surface area contributed by atoms with Gasteiger partial charge in [-0.2, -0.15) is 0 Å². The van der Waals surface area contributed by atoms with Crippen LogP contribution in [-0.4, -0.2) is 23.9 Å². The van der Waals surface area contributed by atoms with Gasteiger partial charge < -0.3 is 9.47 Å². The monoisotopic (exact) mass is 284 g/mol. The lowest BCUT2D eigenvalue weighted by Crippen LogP contribution is -2.20. The largest absolute Gasteiger partial charge is 0.497 e. The third-order valence-corrected chi connectivity index (χ3v) is 3.09.